The summed E-state index contributed by atoms with van der Waals surface area (Å²) in [5.74, 6) is -0.795. The van der Waals surface area contributed by atoms with Crippen LogP contribution in [0.1, 0.15) is 33.6 Å². The molecule has 0 fully saturated rings. The molecule has 0 bridgehead atoms. The van der Waals surface area contributed by atoms with Crippen LogP contribution in [0, 0.1) is 10.1 Å². The van der Waals surface area contributed by atoms with Gasteiger partial charge in [0.15, 0.2) is 0 Å². The molecule has 0 aliphatic rings. The molecule has 0 aromatic heterocycles. The van der Waals surface area contributed by atoms with Crippen molar-refractivity contribution < 1.29 is 19.2 Å². The third kappa shape index (κ3) is 6.51. The van der Waals surface area contributed by atoms with Crippen molar-refractivity contribution in [2.24, 2.45) is 0 Å². The highest BCUT2D eigenvalue weighted by Gasteiger charge is 2.17. The third-order valence-corrected chi connectivity index (χ3v) is 2.34. The van der Waals surface area contributed by atoms with Gasteiger partial charge in [-0.15, -0.1) is 0 Å². The SMILES string of the molecule is CC(C)(C)OC(=O)CCC(=O)Nc1ccc([N+](=O)[O-])cc1. The van der Waals surface area contributed by atoms with E-state index >= 15 is 0 Å². The molecular weight excluding hydrogens is 276 g/mol. The second kappa shape index (κ2) is 6.83. The number of amides is 1. The van der Waals surface area contributed by atoms with Gasteiger partial charge >= 0.3 is 5.97 Å². The summed E-state index contributed by atoms with van der Waals surface area (Å²) < 4.78 is 5.09. The van der Waals surface area contributed by atoms with E-state index in [-0.39, 0.29) is 24.4 Å². The molecule has 0 spiro atoms. The standard InChI is InChI=1S/C14H18N2O5/c1-14(2,3)21-13(18)9-8-12(17)15-10-4-6-11(7-5-10)16(19)20/h4-7H,8-9H2,1-3H3,(H,15,17). The smallest absolute Gasteiger partial charge is 0.306 e. The summed E-state index contributed by atoms with van der Waals surface area (Å²) >= 11 is 0. The fourth-order valence-corrected chi connectivity index (χ4v) is 1.50. The topological polar surface area (TPSA) is 98.5 Å². The van der Waals surface area contributed by atoms with E-state index in [0.29, 0.717) is 5.69 Å². The minimum Gasteiger partial charge on any atom is -0.460 e. The van der Waals surface area contributed by atoms with Crippen molar-refractivity contribution in [1.82, 2.24) is 0 Å². The molecule has 0 radical (unpaired) electrons. The van der Waals surface area contributed by atoms with E-state index in [1.807, 2.05) is 0 Å². The van der Waals surface area contributed by atoms with E-state index in [0.717, 1.165) is 0 Å². The number of non-ortho nitro benzene ring substituents is 1. The Morgan fingerprint density at radius 2 is 1.76 bits per heavy atom. The molecular formula is C14H18N2O5. The Kier molecular flexibility index (Phi) is 5.40. The normalized spacial score (nSPS) is 10.8. The number of hydrogen-bond acceptors (Lipinski definition) is 5. The van der Waals surface area contributed by atoms with Crippen LogP contribution in [-0.4, -0.2) is 22.4 Å². The van der Waals surface area contributed by atoms with Gasteiger partial charge in [0.25, 0.3) is 5.69 Å². The minimum absolute atomic E-state index is 0.00803. The Balaban J connectivity index is 2.43. The van der Waals surface area contributed by atoms with Crippen LogP contribution in [0.4, 0.5) is 11.4 Å². The van der Waals surface area contributed by atoms with E-state index in [1.165, 1.54) is 24.3 Å². The van der Waals surface area contributed by atoms with Crippen LogP contribution in [0.15, 0.2) is 24.3 Å². The van der Waals surface area contributed by atoms with Crippen molar-refractivity contribution in [2.45, 2.75) is 39.2 Å². The number of hydrogen-bond donors (Lipinski definition) is 1. The molecule has 7 heteroatoms. The van der Waals surface area contributed by atoms with Crippen molar-refractivity contribution in [3.63, 3.8) is 0 Å². The van der Waals surface area contributed by atoms with Gasteiger partial charge in [0.05, 0.1) is 11.3 Å². The zero-order valence-electron chi connectivity index (χ0n) is 12.2. The number of rotatable bonds is 5. The highest BCUT2D eigenvalue weighted by atomic mass is 16.6. The van der Waals surface area contributed by atoms with E-state index in [9.17, 15) is 19.7 Å². The Hall–Kier alpha value is -2.44. The zero-order chi connectivity index (χ0) is 16.0. The second-order valence-corrected chi connectivity index (χ2v) is 5.44. The first-order valence-electron chi connectivity index (χ1n) is 6.43. The van der Waals surface area contributed by atoms with Gasteiger partial charge in [-0.3, -0.25) is 19.7 Å². The largest absolute Gasteiger partial charge is 0.460 e. The van der Waals surface area contributed by atoms with Crippen LogP contribution >= 0.6 is 0 Å². The summed E-state index contributed by atoms with van der Waals surface area (Å²) in [6.07, 6.45) is -0.0258. The molecule has 114 valence electrons. The molecule has 1 aromatic carbocycles. The van der Waals surface area contributed by atoms with Crippen molar-refractivity contribution >= 4 is 23.3 Å². The van der Waals surface area contributed by atoms with Crippen LogP contribution in [0.25, 0.3) is 0 Å². The number of anilines is 1. The maximum atomic E-state index is 11.6. The van der Waals surface area contributed by atoms with Gasteiger partial charge in [0.2, 0.25) is 5.91 Å². The van der Waals surface area contributed by atoms with Gasteiger partial charge < -0.3 is 10.1 Å². The number of benzene rings is 1. The molecule has 0 saturated heterocycles. The van der Waals surface area contributed by atoms with Crippen molar-refractivity contribution in [1.29, 1.82) is 0 Å². The van der Waals surface area contributed by atoms with Crippen LogP contribution in [0.5, 0.6) is 0 Å². The maximum absolute atomic E-state index is 11.6. The summed E-state index contributed by atoms with van der Waals surface area (Å²) in [7, 11) is 0. The highest BCUT2D eigenvalue weighted by Crippen LogP contribution is 2.16. The summed E-state index contributed by atoms with van der Waals surface area (Å²) in [5.41, 5.74) is -0.192. The molecule has 0 aliphatic heterocycles. The van der Waals surface area contributed by atoms with Crippen LogP contribution in [-0.2, 0) is 14.3 Å². The molecule has 0 atom stereocenters. The predicted octanol–water partition coefficient (Wildman–Crippen LogP) is 2.66. The molecule has 1 rings (SSSR count). The lowest BCUT2D eigenvalue weighted by Crippen LogP contribution is -2.24. The number of nitrogens with zero attached hydrogens (tertiary/aromatic N) is 1. The number of esters is 1. The van der Waals surface area contributed by atoms with Gasteiger partial charge in [-0.05, 0) is 32.9 Å². The van der Waals surface area contributed by atoms with E-state index in [2.05, 4.69) is 5.32 Å². The number of nitrogens with one attached hydrogen (secondary N) is 1. The second-order valence-electron chi connectivity index (χ2n) is 5.44. The first-order valence-corrected chi connectivity index (χ1v) is 6.43. The summed E-state index contributed by atoms with van der Waals surface area (Å²) in [4.78, 5) is 33.1. The average Bonchev–Trinajstić information content (AvgIpc) is 2.35. The average molecular weight is 294 g/mol. The number of nitro groups is 1. The Morgan fingerprint density at radius 1 is 1.19 bits per heavy atom. The predicted molar refractivity (Wildman–Crippen MR) is 76.8 cm³/mol. The molecule has 1 N–H and O–H groups in total. The van der Waals surface area contributed by atoms with Crippen molar-refractivity contribution in [2.75, 3.05) is 5.32 Å². The van der Waals surface area contributed by atoms with Gasteiger partial charge in [-0.2, -0.15) is 0 Å². The number of carbonyl (C=O) groups is 2. The molecule has 0 unspecified atom stereocenters. The molecule has 1 amide bonds. The van der Waals surface area contributed by atoms with E-state index in [1.54, 1.807) is 20.8 Å². The fraction of sp³-hybridized carbons (Fsp3) is 0.429. The maximum Gasteiger partial charge on any atom is 0.306 e. The summed E-state index contributed by atoms with van der Waals surface area (Å²) in [6.45, 7) is 5.26. The van der Waals surface area contributed by atoms with Gasteiger partial charge in [0, 0.05) is 24.2 Å². The van der Waals surface area contributed by atoms with Crippen molar-refractivity contribution in [3.05, 3.63) is 34.4 Å². The summed E-state index contributed by atoms with van der Waals surface area (Å²) in [5, 5.41) is 13.0. The molecule has 21 heavy (non-hydrogen) atoms. The monoisotopic (exact) mass is 294 g/mol. The van der Waals surface area contributed by atoms with E-state index in [4.69, 9.17) is 4.74 Å². The summed E-state index contributed by atoms with van der Waals surface area (Å²) in [6, 6.07) is 5.46. The number of nitro benzene ring substituents is 1. The first-order chi connectivity index (χ1) is 9.67. The number of ether oxygens (including phenoxy) is 1. The first kappa shape index (κ1) is 16.6. The van der Waals surface area contributed by atoms with Gasteiger partial charge in [-0.1, -0.05) is 0 Å². The zero-order valence-corrected chi connectivity index (χ0v) is 12.2. The van der Waals surface area contributed by atoms with Crippen LogP contribution in [0.2, 0.25) is 0 Å². The van der Waals surface area contributed by atoms with Gasteiger partial charge in [0.1, 0.15) is 5.60 Å². The molecule has 1 aromatic rings. The third-order valence-electron chi connectivity index (χ3n) is 2.34. The van der Waals surface area contributed by atoms with Gasteiger partial charge in [-0.25, -0.2) is 0 Å². The van der Waals surface area contributed by atoms with Crippen molar-refractivity contribution in [3.8, 4) is 0 Å². The fourth-order valence-electron chi connectivity index (χ4n) is 1.50. The molecule has 0 aliphatic carbocycles. The minimum atomic E-state index is -0.577. The Bertz CT molecular complexity index is 531. The number of carbonyl (C=O) groups excluding carboxylic acids is 2. The molecule has 7 nitrogen and oxygen atoms in total. The lowest BCUT2D eigenvalue weighted by atomic mass is 10.2. The Labute approximate surface area is 122 Å². The van der Waals surface area contributed by atoms with Crippen LogP contribution < -0.4 is 5.32 Å². The van der Waals surface area contributed by atoms with E-state index < -0.39 is 16.5 Å². The lowest BCUT2D eigenvalue weighted by molar-refractivity contribution is -0.384. The van der Waals surface area contributed by atoms with Crippen LogP contribution in [0.3, 0.4) is 0 Å². The highest BCUT2D eigenvalue weighted by molar-refractivity contribution is 5.92. The molecule has 0 saturated carbocycles. The quantitative estimate of drug-likeness (QED) is 0.511. The Morgan fingerprint density at radius 3 is 2.24 bits per heavy atom. The lowest BCUT2D eigenvalue weighted by Gasteiger charge is -2.19. The molecule has 0 heterocycles.